The second kappa shape index (κ2) is 6.92. The van der Waals surface area contributed by atoms with Crippen molar-refractivity contribution in [3.63, 3.8) is 0 Å². The molecular weight excluding hydrogens is 374 g/mol. The van der Waals surface area contributed by atoms with Gasteiger partial charge in [0.2, 0.25) is 5.78 Å². The lowest BCUT2D eigenvalue weighted by Gasteiger charge is -2.20. The smallest absolute Gasteiger partial charge is 0.287 e. The highest BCUT2D eigenvalue weighted by Crippen LogP contribution is 2.20. The van der Waals surface area contributed by atoms with E-state index in [0.717, 1.165) is 19.8 Å². The van der Waals surface area contributed by atoms with Gasteiger partial charge in [-0.15, -0.1) is 11.6 Å². The molecule has 0 fully saturated rings. The molecule has 0 aliphatic carbocycles. The van der Waals surface area contributed by atoms with Crippen LogP contribution in [0.25, 0.3) is 5.69 Å². The predicted octanol–water partition coefficient (Wildman–Crippen LogP) is 0.341. The number of carbonyl (C=O) groups is 2. The third-order valence-electron chi connectivity index (χ3n) is 4.23. The van der Waals surface area contributed by atoms with Gasteiger partial charge >= 0.3 is 11.6 Å². The summed E-state index contributed by atoms with van der Waals surface area (Å²) in [4.78, 5) is 49.6. The number of carbonyl (C=O) groups excluding carboxylic acids is 2. The molecule has 0 saturated heterocycles. The average molecular weight is 390 g/mol. The first kappa shape index (κ1) is 18.7. The lowest BCUT2D eigenvalue weighted by Crippen LogP contribution is -2.46. The van der Waals surface area contributed by atoms with Crippen LogP contribution in [-0.2, 0) is 16.6 Å². The number of halogens is 1. The number of hydrogen-bond acceptors (Lipinski definition) is 6. The Hall–Kier alpha value is -3.07. The van der Waals surface area contributed by atoms with Crippen molar-refractivity contribution in [2.45, 2.75) is 18.2 Å². The first-order chi connectivity index (χ1) is 12.7. The number of alkyl halides is 1. The number of hydrazone groups is 1. The molecule has 0 radical (unpaired) electrons. The van der Waals surface area contributed by atoms with Crippen molar-refractivity contribution >= 4 is 29.5 Å². The first-order valence-corrected chi connectivity index (χ1v) is 8.46. The molecule has 1 aromatic carbocycles. The molecule has 3 rings (SSSR count). The summed E-state index contributed by atoms with van der Waals surface area (Å²) in [6, 6.07) is 6.56. The van der Waals surface area contributed by atoms with E-state index in [1.165, 1.54) is 20.3 Å². The summed E-state index contributed by atoms with van der Waals surface area (Å²) < 4.78 is 1.84. The Balaban J connectivity index is 2.19. The fourth-order valence-electron chi connectivity index (χ4n) is 2.68. The number of rotatable bonds is 3. The Labute approximate surface area is 158 Å². The zero-order valence-electron chi connectivity index (χ0n) is 14.8. The van der Waals surface area contributed by atoms with Crippen LogP contribution in [0.4, 0.5) is 0 Å². The SMILES string of the molecule is CC(Cl)c1ccc(-n2c(=O)c(C3C=NN(C)C(=O)C3=O)nn(C)c2=O)cc1. The van der Waals surface area contributed by atoms with E-state index in [-0.39, 0.29) is 11.1 Å². The van der Waals surface area contributed by atoms with Crippen LogP contribution in [0.15, 0.2) is 39.0 Å². The normalized spacial score (nSPS) is 18.1. The van der Waals surface area contributed by atoms with Crippen LogP contribution >= 0.6 is 11.6 Å². The largest absolute Gasteiger partial charge is 0.351 e. The Morgan fingerprint density at radius 2 is 1.70 bits per heavy atom. The molecule has 1 aromatic heterocycles. The van der Waals surface area contributed by atoms with Gasteiger partial charge in [0.15, 0.2) is 0 Å². The minimum absolute atomic E-state index is 0.231. The fourth-order valence-corrected chi connectivity index (χ4v) is 2.82. The van der Waals surface area contributed by atoms with Gasteiger partial charge in [0.25, 0.3) is 5.56 Å². The number of Topliss-reactive ketones (excluding diaryl/α,β-unsaturated/α-hetero) is 1. The van der Waals surface area contributed by atoms with Gasteiger partial charge in [-0.3, -0.25) is 14.4 Å². The molecule has 1 amide bonds. The molecule has 0 spiro atoms. The predicted molar refractivity (Wildman–Crippen MR) is 98.4 cm³/mol. The van der Waals surface area contributed by atoms with Crippen LogP contribution in [0.5, 0.6) is 0 Å². The van der Waals surface area contributed by atoms with E-state index in [1.807, 2.05) is 0 Å². The van der Waals surface area contributed by atoms with Gasteiger partial charge in [-0.1, -0.05) is 12.1 Å². The van der Waals surface area contributed by atoms with Gasteiger partial charge in [-0.25, -0.2) is 19.1 Å². The lowest BCUT2D eigenvalue weighted by atomic mass is 10.00. The van der Waals surface area contributed by atoms with Crippen molar-refractivity contribution in [3.05, 3.63) is 56.4 Å². The first-order valence-electron chi connectivity index (χ1n) is 8.03. The molecule has 2 heterocycles. The lowest BCUT2D eigenvalue weighted by molar-refractivity contribution is -0.144. The monoisotopic (exact) mass is 389 g/mol. The van der Waals surface area contributed by atoms with Gasteiger partial charge in [0.05, 0.1) is 11.1 Å². The van der Waals surface area contributed by atoms with E-state index in [0.29, 0.717) is 5.69 Å². The number of nitrogens with zero attached hydrogens (tertiary/aromatic N) is 5. The second-order valence-electron chi connectivity index (χ2n) is 6.07. The van der Waals surface area contributed by atoms with Gasteiger partial charge < -0.3 is 0 Å². The molecule has 2 atom stereocenters. The van der Waals surface area contributed by atoms with Crippen LogP contribution in [0.1, 0.15) is 29.5 Å². The van der Waals surface area contributed by atoms with Crippen molar-refractivity contribution < 1.29 is 9.59 Å². The van der Waals surface area contributed by atoms with Crippen LogP contribution in [0.2, 0.25) is 0 Å². The highest BCUT2D eigenvalue weighted by molar-refractivity contribution is 6.42. The summed E-state index contributed by atoms with van der Waals surface area (Å²) in [5.41, 5.74) is -0.593. The molecule has 10 heteroatoms. The quantitative estimate of drug-likeness (QED) is 0.556. The standard InChI is InChI=1S/C17H16ClN5O4/c1-9(18)10-4-6-11(7-5-10)23-15(25)13(20-22(3)17(23)27)12-8-19-21(2)16(26)14(12)24/h4-9,12H,1-3H3. The number of hydrogen-bond donors (Lipinski definition) is 0. The summed E-state index contributed by atoms with van der Waals surface area (Å²) in [6.07, 6.45) is 1.17. The highest BCUT2D eigenvalue weighted by atomic mass is 35.5. The Morgan fingerprint density at radius 3 is 2.30 bits per heavy atom. The molecule has 1 aliphatic heterocycles. The zero-order valence-corrected chi connectivity index (χ0v) is 15.5. The van der Waals surface area contributed by atoms with Gasteiger partial charge in [-0.2, -0.15) is 10.2 Å². The van der Waals surface area contributed by atoms with E-state index in [2.05, 4.69) is 10.2 Å². The molecule has 140 valence electrons. The summed E-state index contributed by atoms with van der Waals surface area (Å²) in [5, 5.41) is 8.35. The topological polar surface area (TPSA) is 107 Å². The van der Waals surface area contributed by atoms with Crippen LogP contribution in [0, 0.1) is 0 Å². The van der Waals surface area contributed by atoms with Crippen LogP contribution in [-0.4, -0.2) is 44.3 Å². The third kappa shape index (κ3) is 3.21. The van der Waals surface area contributed by atoms with E-state index in [4.69, 9.17) is 11.6 Å². The molecule has 2 unspecified atom stereocenters. The van der Waals surface area contributed by atoms with E-state index < -0.39 is 28.9 Å². The summed E-state index contributed by atoms with van der Waals surface area (Å²) >= 11 is 6.03. The minimum Gasteiger partial charge on any atom is -0.287 e. The van der Waals surface area contributed by atoms with E-state index in [9.17, 15) is 19.2 Å². The average Bonchev–Trinajstić information content (AvgIpc) is 2.64. The molecule has 2 aromatic rings. The molecule has 0 N–H and O–H groups in total. The molecule has 1 aliphatic rings. The summed E-state index contributed by atoms with van der Waals surface area (Å²) in [5.74, 6) is -2.94. The molecule has 27 heavy (non-hydrogen) atoms. The molecule has 9 nitrogen and oxygen atoms in total. The number of ketones is 1. The van der Waals surface area contributed by atoms with Crippen molar-refractivity contribution in [3.8, 4) is 5.69 Å². The summed E-state index contributed by atoms with van der Waals surface area (Å²) in [7, 11) is 2.69. The molecule has 0 saturated carbocycles. The molecule has 0 bridgehead atoms. The van der Waals surface area contributed by atoms with Crippen molar-refractivity contribution in [2.24, 2.45) is 12.1 Å². The minimum atomic E-state index is -1.25. The number of aryl methyl sites for hydroxylation is 1. The van der Waals surface area contributed by atoms with Crippen LogP contribution in [0.3, 0.4) is 0 Å². The van der Waals surface area contributed by atoms with Crippen molar-refractivity contribution in [1.82, 2.24) is 19.4 Å². The highest BCUT2D eigenvalue weighted by Gasteiger charge is 2.35. The van der Waals surface area contributed by atoms with Gasteiger partial charge in [0, 0.05) is 20.3 Å². The Kier molecular flexibility index (Phi) is 4.79. The number of amides is 1. The maximum absolute atomic E-state index is 12.9. The van der Waals surface area contributed by atoms with E-state index in [1.54, 1.807) is 31.2 Å². The third-order valence-corrected chi connectivity index (χ3v) is 4.48. The maximum atomic E-state index is 12.9. The van der Waals surface area contributed by atoms with Crippen molar-refractivity contribution in [2.75, 3.05) is 7.05 Å². The summed E-state index contributed by atoms with van der Waals surface area (Å²) in [6.45, 7) is 1.80. The van der Waals surface area contributed by atoms with Gasteiger partial charge in [0.1, 0.15) is 11.6 Å². The van der Waals surface area contributed by atoms with E-state index >= 15 is 0 Å². The maximum Gasteiger partial charge on any atom is 0.351 e. The fraction of sp³-hybridized carbons (Fsp3) is 0.294. The van der Waals surface area contributed by atoms with Crippen LogP contribution < -0.4 is 11.2 Å². The van der Waals surface area contributed by atoms with Crippen molar-refractivity contribution in [1.29, 1.82) is 0 Å². The Morgan fingerprint density at radius 1 is 1.07 bits per heavy atom. The number of aromatic nitrogens is 3. The second-order valence-corrected chi connectivity index (χ2v) is 6.73. The number of benzene rings is 1. The van der Waals surface area contributed by atoms with Gasteiger partial charge in [-0.05, 0) is 24.6 Å². The Bertz CT molecular complexity index is 1070. The number of likely N-dealkylation sites (N-methyl/N-ethyl adjacent to an activating group) is 1. The molecular formula is C17H16ClN5O4. The zero-order chi connectivity index (χ0) is 19.9.